The molecule has 0 radical (unpaired) electrons. The lowest BCUT2D eigenvalue weighted by Crippen LogP contribution is -2.33. The average molecular weight is 371 g/mol. The topological polar surface area (TPSA) is 51.4 Å². The van der Waals surface area contributed by atoms with Crippen LogP contribution in [-0.2, 0) is 0 Å². The van der Waals surface area contributed by atoms with Gasteiger partial charge in [-0.3, -0.25) is 0 Å². The summed E-state index contributed by atoms with van der Waals surface area (Å²) < 4.78 is 0. The molecule has 27 heavy (non-hydrogen) atoms. The predicted octanol–water partition coefficient (Wildman–Crippen LogP) is 5.02. The van der Waals surface area contributed by atoms with E-state index < -0.39 is 0 Å². The van der Waals surface area contributed by atoms with Crippen LogP contribution < -0.4 is 5.32 Å². The quantitative estimate of drug-likeness (QED) is 0.672. The van der Waals surface area contributed by atoms with Gasteiger partial charge in [-0.1, -0.05) is 19.8 Å². The van der Waals surface area contributed by atoms with Crippen molar-refractivity contribution in [2.75, 3.05) is 38.5 Å². The standard InChI is InChI=1S/C22H34N4O/c1-4-6-7-12-26-13-10-17(11-14-26)20-16-23-21-9-8-18(15-19(20)21)24-22(27)25(3)5-2/h8-9,15-17,23H,4-7,10-14H2,1-3H3,(H,24,27). The van der Waals surface area contributed by atoms with Crippen LogP contribution >= 0.6 is 0 Å². The minimum atomic E-state index is -0.0608. The molecule has 2 amide bonds. The second-order valence-electron chi connectivity index (χ2n) is 7.77. The summed E-state index contributed by atoms with van der Waals surface area (Å²) in [4.78, 5) is 19.9. The Morgan fingerprint density at radius 3 is 2.74 bits per heavy atom. The lowest BCUT2D eigenvalue weighted by atomic mass is 9.89. The van der Waals surface area contributed by atoms with E-state index in [2.05, 4.69) is 40.5 Å². The molecule has 0 saturated carbocycles. The number of urea groups is 1. The molecule has 2 heterocycles. The molecule has 5 nitrogen and oxygen atoms in total. The monoisotopic (exact) mass is 370 g/mol. The zero-order valence-electron chi connectivity index (χ0n) is 17.1. The van der Waals surface area contributed by atoms with Gasteiger partial charge in [-0.2, -0.15) is 0 Å². The van der Waals surface area contributed by atoms with Crippen LogP contribution in [0.4, 0.5) is 10.5 Å². The first-order valence-electron chi connectivity index (χ1n) is 10.5. The summed E-state index contributed by atoms with van der Waals surface area (Å²) in [5, 5.41) is 4.25. The minimum absolute atomic E-state index is 0.0608. The highest BCUT2D eigenvalue weighted by atomic mass is 16.2. The molecule has 0 unspecified atom stereocenters. The van der Waals surface area contributed by atoms with E-state index in [4.69, 9.17) is 0 Å². The Kier molecular flexibility index (Phi) is 6.78. The number of amides is 2. The summed E-state index contributed by atoms with van der Waals surface area (Å²) in [5.41, 5.74) is 3.42. The molecule has 1 aliphatic heterocycles. The third kappa shape index (κ3) is 4.83. The number of H-pyrrole nitrogens is 1. The van der Waals surface area contributed by atoms with Gasteiger partial charge in [0.05, 0.1) is 0 Å². The van der Waals surface area contributed by atoms with Crippen molar-refractivity contribution in [1.82, 2.24) is 14.8 Å². The van der Waals surface area contributed by atoms with Gasteiger partial charge >= 0.3 is 6.03 Å². The number of fused-ring (bicyclic) bond motifs is 1. The maximum Gasteiger partial charge on any atom is 0.321 e. The zero-order chi connectivity index (χ0) is 19.2. The molecule has 0 aliphatic carbocycles. The van der Waals surface area contributed by atoms with Crippen LogP contribution in [0.2, 0.25) is 0 Å². The third-order valence-electron chi connectivity index (χ3n) is 5.89. The minimum Gasteiger partial charge on any atom is -0.361 e. The highest BCUT2D eigenvalue weighted by Crippen LogP contribution is 2.34. The molecule has 1 aromatic heterocycles. The van der Waals surface area contributed by atoms with E-state index in [-0.39, 0.29) is 6.03 Å². The van der Waals surface area contributed by atoms with Gasteiger partial charge in [0, 0.05) is 36.4 Å². The molecular weight excluding hydrogens is 336 g/mol. The molecule has 0 spiro atoms. The van der Waals surface area contributed by atoms with E-state index in [1.807, 2.05) is 20.0 Å². The number of piperidine rings is 1. The third-order valence-corrected chi connectivity index (χ3v) is 5.89. The number of nitrogens with zero attached hydrogens (tertiary/aromatic N) is 2. The second-order valence-corrected chi connectivity index (χ2v) is 7.77. The second kappa shape index (κ2) is 9.27. The SMILES string of the molecule is CCCCCN1CCC(c2c[nH]c3ccc(NC(=O)N(C)CC)cc23)CC1. The molecule has 1 saturated heterocycles. The van der Waals surface area contributed by atoms with E-state index >= 15 is 0 Å². The van der Waals surface area contributed by atoms with Gasteiger partial charge in [0.15, 0.2) is 0 Å². The number of nitrogens with one attached hydrogen (secondary N) is 2. The first-order chi connectivity index (χ1) is 13.1. The number of hydrogen-bond acceptors (Lipinski definition) is 2. The lowest BCUT2D eigenvalue weighted by molar-refractivity contribution is 0.209. The van der Waals surface area contributed by atoms with Crippen molar-refractivity contribution in [2.45, 2.75) is 51.9 Å². The van der Waals surface area contributed by atoms with Gasteiger partial charge in [0.25, 0.3) is 0 Å². The summed E-state index contributed by atoms with van der Waals surface area (Å²) >= 11 is 0. The number of likely N-dealkylation sites (tertiary alicyclic amines) is 1. The Labute approximate surface area is 163 Å². The van der Waals surface area contributed by atoms with Gasteiger partial charge in [0.2, 0.25) is 0 Å². The predicted molar refractivity (Wildman–Crippen MR) is 114 cm³/mol. The Balaban J connectivity index is 1.67. The van der Waals surface area contributed by atoms with E-state index in [9.17, 15) is 4.79 Å². The van der Waals surface area contributed by atoms with Crippen LogP contribution in [0, 0.1) is 0 Å². The van der Waals surface area contributed by atoms with Gasteiger partial charge < -0.3 is 20.1 Å². The summed E-state index contributed by atoms with van der Waals surface area (Å²) in [6.07, 6.45) is 8.56. The van der Waals surface area contributed by atoms with E-state index in [1.165, 1.54) is 62.7 Å². The van der Waals surface area contributed by atoms with Crippen molar-refractivity contribution < 1.29 is 4.79 Å². The highest BCUT2D eigenvalue weighted by Gasteiger charge is 2.22. The van der Waals surface area contributed by atoms with Gasteiger partial charge in [-0.05, 0) is 75.5 Å². The fourth-order valence-corrected chi connectivity index (χ4v) is 3.97. The molecule has 1 fully saturated rings. The molecule has 148 valence electrons. The van der Waals surface area contributed by atoms with Gasteiger partial charge in [0.1, 0.15) is 0 Å². The van der Waals surface area contributed by atoms with E-state index in [1.54, 1.807) is 4.90 Å². The van der Waals surface area contributed by atoms with Crippen LogP contribution in [0.1, 0.15) is 57.4 Å². The number of rotatable bonds is 7. The van der Waals surface area contributed by atoms with E-state index in [0.29, 0.717) is 12.5 Å². The summed E-state index contributed by atoms with van der Waals surface area (Å²) in [6.45, 7) is 8.56. The zero-order valence-corrected chi connectivity index (χ0v) is 17.1. The van der Waals surface area contributed by atoms with Crippen molar-refractivity contribution in [3.8, 4) is 0 Å². The van der Waals surface area contributed by atoms with Crippen molar-refractivity contribution in [3.63, 3.8) is 0 Å². The molecule has 0 atom stereocenters. The molecule has 5 heteroatoms. The summed E-state index contributed by atoms with van der Waals surface area (Å²) in [5.74, 6) is 0.602. The smallest absolute Gasteiger partial charge is 0.321 e. The van der Waals surface area contributed by atoms with Crippen LogP contribution in [0.25, 0.3) is 10.9 Å². The van der Waals surface area contributed by atoms with Crippen molar-refractivity contribution in [1.29, 1.82) is 0 Å². The van der Waals surface area contributed by atoms with Crippen LogP contribution in [0.5, 0.6) is 0 Å². The maximum absolute atomic E-state index is 12.2. The first kappa shape index (κ1) is 19.7. The number of carbonyl (C=O) groups excluding carboxylic acids is 1. The summed E-state index contributed by atoms with van der Waals surface area (Å²) in [7, 11) is 1.81. The highest BCUT2D eigenvalue weighted by molar-refractivity contribution is 5.93. The lowest BCUT2D eigenvalue weighted by Gasteiger charge is -2.32. The van der Waals surface area contributed by atoms with Crippen molar-refractivity contribution in [3.05, 3.63) is 30.0 Å². The maximum atomic E-state index is 12.2. The average Bonchev–Trinajstić information content (AvgIpc) is 3.11. The summed E-state index contributed by atoms with van der Waals surface area (Å²) in [6, 6.07) is 6.10. The number of unbranched alkanes of at least 4 members (excludes halogenated alkanes) is 2. The number of carbonyl (C=O) groups is 1. The number of anilines is 1. The normalized spacial score (nSPS) is 16.0. The molecule has 3 rings (SSSR count). The van der Waals surface area contributed by atoms with Crippen LogP contribution in [0.15, 0.2) is 24.4 Å². The fourth-order valence-electron chi connectivity index (χ4n) is 3.97. The van der Waals surface area contributed by atoms with E-state index in [0.717, 1.165) is 11.2 Å². The van der Waals surface area contributed by atoms with Crippen LogP contribution in [0.3, 0.4) is 0 Å². The number of hydrogen-bond donors (Lipinski definition) is 2. The Bertz CT molecular complexity index is 746. The Hall–Kier alpha value is -2.01. The van der Waals surface area contributed by atoms with Gasteiger partial charge in [-0.15, -0.1) is 0 Å². The Morgan fingerprint density at radius 2 is 2.04 bits per heavy atom. The van der Waals surface area contributed by atoms with Gasteiger partial charge in [-0.25, -0.2) is 4.79 Å². The molecule has 1 aromatic carbocycles. The Morgan fingerprint density at radius 1 is 1.26 bits per heavy atom. The molecule has 1 aliphatic rings. The largest absolute Gasteiger partial charge is 0.361 e. The molecule has 2 N–H and O–H groups in total. The molecular formula is C22H34N4O. The van der Waals surface area contributed by atoms with Crippen LogP contribution in [-0.4, -0.2) is 54.0 Å². The van der Waals surface area contributed by atoms with Crippen molar-refractivity contribution >= 4 is 22.6 Å². The van der Waals surface area contributed by atoms with Crippen molar-refractivity contribution in [2.24, 2.45) is 0 Å². The molecule has 0 bridgehead atoms. The molecule has 2 aromatic rings. The fraction of sp³-hybridized carbons (Fsp3) is 0.591. The number of aromatic nitrogens is 1. The first-order valence-corrected chi connectivity index (χ1v) is 10.5. The number of aromatic amines is 1. The number of benzene rings is 1.